The maximum Gasteiger partial charge on any atom is 0.212 e. The second kappa shape index (κ2) is 4.14. The molecule has 0 saturated carbocycles. The lowest BCUT2D eigenvalue weighted by molar-refractivity contribution is 0.0976. The van der Waals surface area contributed by atoms with Crippen LogP contribution in [0.5, 0.6) is 0 Å². The summed E-state index contributed by atoms with van der Waals surface area (Å²) in [6.07, 6.45) is 5.02. The van der Waals surface area contributed by atoms with Gasteiger partial charge in [0, 0.05) is 6.92 Å². The summed E-state index contributed by atoms with van der Waals surface area (Å²) in [6.45, 7) is 2.57. The number of likely N-dealkylation sites (tertiary alicyclic amines) is 1. The van der Waals surface area contributed by atoms with Crippen molar-refractivity contribution in [2.45, 2.75) is 32.2 Å². The van der Waals surface area contributed by atoms with Crippen molar-refractivity contribution in [1.82, 2.24) is 9.88 Å². The van der Waals surface area contributed by atoms with Crippen molar-refractivity contribution in [2.24, 2.45) is 0 Å². The highest BCUT2D eigenvalue weighted by atomic mass is 16.4. The van der Waals surface area contributed by atoms with E-state index in [0.29, 0.717) is 11.7 Å². The molecule has 1 unspecified atom stereocenters. The van der Waals surface area contributed by atoms with E-state index in [0.717, 1.165) is 13.0 Å². The van der Waals surface area contributed by atoms with Crippen LogP contribution < -0.4 is 0 Å². The zero-order valence-corrected chi connectivity index (χ0v) is 9.19. The number of carbonyl (C=O) groups is 1. The van der Waals surface area contributed by atoms with E-state index in [9.17, 15) is 4.79 Å². The third kappa shape index (κ3) is 2.09. The first-order chi connectivity index (χ1) is 7.18. The molecule has 0 N–H and O–H groups in total. The molecule has 1 aromatic rings. The molecule has 1 aliphatic rings. The largest absolute Gasteiger partial charge is 0.436 e. The summed E-state index contributed by atoms with van der Waals surface area (Å²) in [5.41, 5.74) is 0. The van der Waals surface area contributed by atoms with Gasteiger partial charge in [0.1, 0.15) is 0 Å². The lowest BCUT2D eigenvalue weighted by Crippen LogP contribution is -2.29. The molecule has 0 radical (unpaired) electrons. The van der Waals surface area contributed by atoms with Gasteiger partial charge in [0.2, 0.25) is 5.89 Å². The molecule has 1 fully saturated rings. The highest BCUT2D eigenvalue weighted by Gasteiger charge is 2.25. The zero-order valence-electron chi connectivity index (χ0n) is 9.19. The second-order valence-electron chi connectivity index (χ2n) is 4.11. The van der Waals surface area contributed by atoms with Crippen LogP contribution in [0.3, 0.4) is 0 Å². The smallest absolute Gasteiger partial charge is 0.212 e. The molecule has 4 heteroatoms. The number of hydrogen-bond donors (Lipinski definition) is 0. The summed E-state index contributed by atoms with van der Waals surface area (Å²) >= 11 is 0. The van der Waals surface area contributed by atoms with E-state index in [1.165, 1.54) is 26.0 Å². The molecule has 0 aliphatic carbocycles. The van der Waals surface area contributed by atoms with Crippen LogP contribution in [0.2, 0.25) is 0 Å². The predicted octanol–water partition coefficient (Wildman–Crippen LogP) is 2.03. The van der Waals surface area contributed by atoms with Gasteiger partial charge in [-0.05, 0) is 26.4 Å². The van der Waals surface area contributed by atoms with Gasteiger partial charge in [0.15, 0.2) is 11.5 Å². The number of carbonyl (C=O) groups excluding carboxylic acids is 1. The molecular formula is C11H16N2O2. The van der Waals surface area contributed by atoms with Crippen LogP contribution >= 0.6 is 0 Å². The van der Waals surface area contributed by atoms with E-state index in [4.69, 9.17) is 4.42 Å². The fourth-order valence-electron chi connectivity index (χ4n) is 1.99. The summed E-state index contributed by atoms with van der Waals surface area (Å²) in [4.78, 5) is 17.5. The molecule has 82 valence electrons. The Morgan fingerprint density at radius 1 is 1.60 bits per heavy atom. The molecule has 1 saturated heterocycles. The molecule has 1 atom stereocenters. The lowest BCUT2D eigenvalue weighted by Gasteiger charge is -2.29. The third-order valence-corrected chi connectivity index (χ3v) is 2.93. The van der Waals surface area contributed by atoms with E-state index in [1.54, 1.807) is 0 Å². The van der Waals surface area contributed by atoms with E-state index >= 15 is 0 Å². The third-order valence-electron chi connectivity index (χ3n) is 2.93. The number of hydrogen-bond acceptors (Lipinski definition) is 4. The number of ketones is 1. The van der Waals surface area contributed by atoms with E-state index in [2.05, 4.69) is 16.9 Å². The highest BCUT2D eigenvalue weighted by Crippen LogP contribution is 2.28. The van der Waals surface area contributed by atoms with Crippen molar-refractivity contribution in [3.05, 3.63) is 17.8 Å². The van der Waals surface area contributed by atoms with Crippen LogP contribution in [0.1, 0.15) is 48.7 Å². The predicted molar refractivity (Wildman–Crippen MR) is 55.7 cm³/mol. The Hall–Kier alpha value is -1.16. The summed E-state index contributed by atoms with van der Waals surface area (Å²) in [7, 11) is 2.07. The van der Waals surface area contributed by atoms with Crippen molar-refractivity contribution in [1.29, 1.82) is 0 Å². The number of piperidine rings is 1. The number of nitrogens with zero attached hydrogens (tertiary/aromatic N) is 2. The monoisotopic (exact) mass is 208 g/mol. The SMILES string of the molecule is CC(=O)c1cnc(C2CCCCN2C)o1. The Bertz CT molecular complexity index is 359. The average molecular weight is 208 g/mol. The molecule has 2 rings (SSSR count). The first kappa shape index (κ1) is 10.4. The first-order valence-electron chi connectivity index (χ1n) is 5.35. The van der Waals surface area contributed by atoms with Crippen molar-refractivity contribution in [3.63, 3.8) is 0 Å². The number of Topliss-reactive ketones (excluding diaryl/α,β-unsaturated/α-hetero) is 1. The Balaban J connectivity index is 2.17. The van der Waals surface area contributed by atoms with Gasteiger partial charge >= 0.3 is 0 Å². The van der Waals surface area contributed by atoms with Crippen molar-refractivity contribution >= 4 is 5.78 Å². The van der Waals surface area contributed by atoms with Gasteiger partial charge in [-0.15, -0.1) is 0 Å². The van der Waals surface area contributed by atoms with Crippen LogP contribution in [-0.4, -0.2) is 29.3 Å². The van der Waals surface area contributed by atoms with Crippen LogP contribution in [-0.2, 0) is 0 Å². The minimum absolute atomic E-state index is 0.0628. The zero-order chi connectivity index (χ0) is 10.8. The van der Waals surface area contributed by atoms with Crippen molar-refractivity contribution < 1.29 is 9.21 Å². The van der Waals surface area contributed by atoms with Crippen molar-refractivity contribution in [3.8, 4) is 0 Å². The Morgan fingerprint density at radius 2 is 2.40 bits per heavy atom. The molecule has 15 heavy (non-hydrogen) atoms. The molecule has 1 aromatic heterocycles. The second-order valence-corrected chi connectivity index (χ2v) is 4.11. The lowest BCUT2D eigenvalue weighted by atomic mass is 10.0. The quantitative estimate of drug-likeness (QED) is 0.698. The van der Waals surface area contributed by atoms with Gasteiger partial charge in [0.25, 0.3) is 0 Å². The standard InChI is InChI=1S/C11H16N2O2/c1-8(14)10-7-12-11(15-10)9-5-3-4-6-13(9)2/h7,9H,3-6H2,1-2H3. The Morgan fingerprint density at radius 3 is 3.00 bits per heavy atom. The number of oxazole rings is 1. The molecule has 2 heterocycles. The summed E-state index contributed by atoms with van der Waals surface area (Å²) in [5, 5.41) is 0. The van der Waals surface area contributed by atoms with Crippen LogP contribution in [0.25, 0.3) is 0 Å². The van der Waals surface area contributed by atoms with Gasteiger partial charge in [-0.1, -0.05) is 6.42 Å². The average Bonchev–Trinajstić information content (AvgIpc) is 2.67. The topological polar surface area (TPSA) is 46.3 Å². The number of rotatable bonds is 2. The summed E-state index contributed by atoms with van der Waals surface area (Å²) < 4.78 is 5.45. The van der Waals surface area contributed by atoms with Crippen molar-refractivity contribution in [2.75, 3.05) is 13.6 Å². The van der Waals surface area contributed by atoms with Crippen LogP contribution in [0, 0.1) is 0 Å². The first-order valence-corrected chi connectivity index (χ1v) is 5.35. The molecule has 4 nitrogen and oxygen atoms in total. The highest BCUT2D eigenvalue weighted by molar-refractivity contribution is 5.90. The van der Waals surface area contributed by atoms with E-state index in [1.807, 2.05) is 0 Å². The molecule has 0 spiro atoms. The van der Waals surface area contributed by atoms with E-state index < -0.39 is 0 Å². The molecule has 1 aliphatic heterocycles. The maximum absolute atomic E-state index is 11.1. The van der Waals surface area contributed by atoms with Gasteiger partial charge in [-0.25, -0.2) is 4.98 Å². The minimum atomic E-state index is -0.0628. The van der Waals surface area contributed by atoms with Gasteiger partial charge < -0.3 is 4.42 Å². The van der Waals surface area contributed by atoms with Crippen LogP contribution in [0.15, 0.2) is 10.6 Å². The molecule has 0 bridgehead atoms. The Labute approximate surface area is 89.3 Å². The minimum Gasteiger partial charge on any atom is -0.436 e. The molecule has 0 amide bonds. The summed E-state index contributed by atoms with van der Waals surface area (Å²) in [5.74, 6) is 0.985. The normalized spacial score (nSPS) is 22.9. The van der Waals surface area contributed by atoms with Gasteiger partial charge in [0.05, 0.1) is 12.2 Å². The number of aromatic nitrogens is 1. The van der Waals surface area contributed by atoms with Crippen LogP contribution in [0.4, 0.5) is 0 Å². The fourth-order valence-corrected chi connectivity index (χ4v) is 1.99. The maximum atomic E-state index is 11.1. The van der Waals surface area contributed by atoms with E-state index in [-0.39, 0.29) is 11.8 Å². The van der Waals surface area contributed by atoms with Gasteiger partial charge in [-0.3, -0.25) is 9.69 Å². The van der Waals surface area contributed by atoms with Gasteiger partial charge in [-0.2, -0.15) is 0 Å². The summed E-state index contributed by atoms with van der Waals surface area (Å²) in [6, 6.07) is 0.242. The molecule has 0 aromatic carbocycles. The fraction of sp³-hybridized carbons (Fsp3) is 0.636. The molecular weight excluding hydrogens is 192 g/mol. The Kier molecular flexibility index (Phi) is 2.86.